The maximum atomic E-state index is 12.9. The third-order valence-electron chi connectivity index (χ3n) is 15.2. The Morgan fingerprint density at radius 2 is 0.714 bits per heavy atom. The molecule has 6 aromatic rings. The number of nitrogens with zero attached hydrogens (tertiary/aromatic N) is 6. The maximum absolute atomic E-state index is 12.9. The van der Waals surface area contributed by atoms with E-state index >= 15 is 0 Å². The number of carbonyl (C=O) groups excluding carboxylic acids is 5. The van der Waals surface area contributed by atoms with Gasteiger partial charge in [0.25, 0.3) is 23.7 Å². The number of hydrogen-bond acceptors (Lipinski definition) is 15. The number of amides is 3. The van der Waals surface area contributed by atoms with Crippen LogP contribution in [0, 0.1) is 34.0 Å². The molecule has 0 saturated heterocycles. The first kappa shape index (κ1) is 71.1. The zero-order valence-electron chi connectivity index (χ0n) is 50.4. The Morgan fingerprint density at radius 1 is 0.462 bits per heavy atom. The van der Waals surface area contributed by atoms with Gasteiger partial charge in [0.15, 0.2) is 0 Å². The van der Waals surface area contributed by atoms with Gasteiger partial charge >= 0.3 is 11.9 Å². The minimum Gasteiger partial charge on any atom is -0.481 e. The van der Waals surface area contributed by atoms with Gasteiger partial charge in [0.1, 0.15) is 62.0 Å². The van der Waals surface area contributed by atoms with Gasteiger partial charge in [-0.1, -0.05) is 130 Å². The number of aliphatic hydroxyl groups is 1. The number of esters is 2. The van der Waals surface area contributed by atoms with Gasteiger partial charge in [-0.15, -0.1) is 0 Å². The van der Waals surface area contributed by atoms with Crippen LogP contribution in [0.15, 0.2) is 158 Å². The van der Waals surface area contributed by atoms with E-state index in [0.29, 0.717) is 30.9 Å². The van der Waals surface area contributed by atoms with E-state index in [9.17, 15) is 44.9 Å². The molecule has 3 saturated carbocycles. The van der Waals surface area contributed by atoms with Crippen LogP contribution in [0.5, 0.6) is 0 Å². The van der Waals surface area contributed by atoms with Crippen molar-refractivity contribution in [1.29, 1.82) is 15.8 Å². The van der Waals surface area contributed by atoms with Crippen LogP contribution in [0.2, 0.25) is 0 Å². The molecular weight excluding hydrogens is 1350 g/mol. The lowest BCUT2D eigenvalue weighted by atomic mass is 9.87. The molecule has 91 heavy (non-hydrogen) atoms. The molecule has 5 N–H and O–H groups in total. The molecule has 9 rings (SSSR count). The van der Waals surface area contributed by atoms with Crippen molar-refractivity contribution in [3.05, 3.63) is 208 Å². The van der Waals surface area contributed by atoms with Crippen molar-refractivity contribution < 1.29 is 48.5 Å². The fourth-order valence-corrected chi connectivity index (χ4v) is 11.9. The van der Waals surface area contributed by atoms with Crippen LogP contribution in [0.25, 0.3) is 18.2 Å². The molecule has 19 nitrogen and oxygen atoms in total. The average molecular weight is 1420 g/mol. The Morgan fingerprint density at radius 3 is 0.934 bits per heavy atom. The predicted octanol–water partition coefficient (Wildman–Crippen LogP) is 12.7. The molecule has 3 aliphatic rings. The quantitative estimate of drug-likeness (QED) is 0.0245. The molecule has 0 aliphatic heterocycles. The number of halogens is 3. The van der Waals surface area contributed by atoms with Gasteiger partial charge in [-0.2, -0.15) is 15.8 Å². The molecule has 3 heterocycles. The zero-order chi connectivity index (χ0) is 66.0. The Balaban J connectivity index is 0.000000211. The number of benzene rings is 3. The Labute approximate surface area is 554 Å². The summed E-state index contributed by atoms with van der Waals surface area (Å²) in [5.74, 6) is -2.70. The van der Waals surface area contributed by atoms with Gasteiger partial charge in [0, 0.05) is 20.8 Å². The molecule has 0 radical (unpaired) electrons. The van der Waals surface area contributed by atoms with Crippen molar-refractivity contribution in [2.45, 2.75) is 134 Å². The number of carboxylic acids is 1. The summed E-state index contributed by atoms with van der Waals surface area (Å²) in [6.07, 6.45) is 15.3. The number of ether oxygens (including phenoxy) is 2. The number of pyridine rings is 3. The normalized spacial score (nSPS) is 15.1. The van der Waals surface area contributed by atoms with E-state index in [4.69, 9.17) is 19.4 Å². The topological polar surface area (TPSA) is 307 Å². The van der Waals surface area contributed by atoms with Crippen LogP contribution < -0.4 is 16.0 Å². The Kier molecular flexibility index (Phi) is 27.2. The number of nitrogens with one attached hydrogen (secondary N) is 3. The molecule has 22 heteroatoms. The van der Waals surface area contributed by atoms with E-state index in [1.165, 1.54) is 32.1 Å². The van der Waals surface area contributed by atoms with Crippen molar-refractivity contribution in [2.24, 2.45) is 0 Å². The number of carboxylic acid groups (broad SMARTS) is 1. The number of nitriles is 3. The van der Waals surface area contributed by atoms with E-state index in [2.05, 4.69) is 78.7 Å². The van der Waals surface area contributed by atoms with Crippen molar-refractivity contribution in [2.75, 3.05) is 0 Å². The first-order valence-corrected chi connectivity index (χ1v) is 31.6. The number of hydrogen-bond donors (Lipinski definition) is 5. The summed E-state index contributed by atoms with van der Waals surface area (Å²) in [6.45, 7) is 4.26. The van der Waals surface area contributed by atoms with Gasteiger partial charge < -0.3 is 35.6 Å². The fourth-order valence-electron chi connectivity index (χ4n) is 10.8. The molecule has 3 aromatic carbocycles. The second-order valence-corrected chi connectivity index (χ2v) is 24.2. The third-order valence-corrected chi connectivity index (χ3v) is 16.5. The van der Waals surface area contributed by atoms with Crippen LogP contribution in [0.4, 0.5) is 0 Å². The van der Waals surface area contributed by atoms with E-state index in [-0.39, 0.29) is 48.5 Å². The number of aliphatic hydroxyl groups excluding tert-OH is 1. The number of aliphatic carboxylic acids is 1. The lowest BCUT2D eigenvalue weighted by Crippen LogP contribution is -2.44. The van der Waals surface area contributed by atoms with Gasteiger partial charge in [-0.25, -0.2) is 15.0 Å². The molecule has 0 bridgehead atoms. The Bertz CT molecular complexity index is 3610. The van der Waals surface area contributed by atoms with E-state index in [1.54, 1.807) is 54.6 Å². The number of rotatable bonds is 17. The smallest absolute Gasteiger partial charge is 0.302 e. The molecule has 3 aromatic heterocycles. The molecule has 470 valence electrons. The van der Waals surface area contributed by atoms with E-state index in [0.717, 1.165) is 117 Å². The molecule has 0 unspecified atom stereocenters. The summed E-state index contributed by atoms with van der Waals surface area (Å²) in [6, 6.07) is 45.0. The van der Waals surface area contributed by atoms with Crippen LogP contribution in [-0.2, 0) is 74.7 Å². The molecule has 3 fully saturated rings. The average Bonchev–Trinajstić information content (AvgIpc) is 1.98. The second-order valence-electron chi connectivity index (χ2n) is 21.7. The highest BCUT2D eigenvalue weighted by Crippen LogP contribution is 2.42. The van der Waals surface area contributed by atoms with Gasteiger partial charge in [-0.3, -0.25) is 28.8 Å². The van der Waals surface area contributed by atoms with Crippen molar-refractivity contribution in [3.63, 3.8) is 0 Å². The standard InChI is InChI=1S/2C23H22BrN3O3.C21H20BrN3O2.C2H4O2/c2*1-16(28)30-15-17-7-9-19(10-8-17)23(11-2-3-12-23)27-22(29)18(14-25)13-20-5-4-6-21(24)26-20;22-19-5-3-4-18(24-19)12-16(13-23)20(27)25-21(10-1-2-11-21)17-8-6-15(14-26)7-9-17;1-2(3)4/h2*4-10,13H,2-3,11-12,15H2,1H3,(H,27,29);3-9,12,26H,1-2,10-11,14H2,(H,25,27);1H3,(H,3,4)/b2*18-13+;16-12+;. The predicted molar refractivity (Wildman–Crippen MR) is 351 cm³/mol. The minimum atomic E-state index is -0.833. The Hall–Kier alpha value is -8.98. The second kappa shape index (κ2) is 34.8. The highest BCUT2D eigenvalue weighted by molar-refractivity contribution is 9.11. The minimum absolute atomic E-state index is 0.0124. The third kappa shape index (κ3) is 21.6. The molecule has 3 amide bonds. The summed E-state index contributed by atoms with van der Waals surface area (Å²) < 4.78 is 12.0. The van der Waals surface area contributed by atoms with Crippen LogP contribution in [-0.4, -0.2) is 60.8 Å². The first-order valence-electron chi connectivity index (χ1n) is 29.2. The van der Waals surface area contributed by atoms with E-state index in [1.807, 2.05) is 91.0 Å². The largest absolute Gasteiger partial charge is 0.481 e. The summed E-state index contributed by atoms with van der Waals surface area (Å²) >= 11 is 9.88. The van der Waals surface area contributed by atoms with Crippen molar-refractivity contribution >= 4 is 102 Å². The summed E-state index contributed by atoms with van der Waals surface area (Å²) in [5, 5.41) is 54.5. The monoisotopic (exact) mass is 1420 g/mol. The van der Waals surface area contributed by atoms with Gasteiger partial charge in [-0.05, 0) is 174 Å². The fraction of sp³-hybridized carbons (Fsp3) is 0.304. The molecule has 0 spiro atoms. The zero-order valence-corrected chi connectivity index (χ0v) is 55.2. The number of aromatic nitrogens is 3. The highest BCUT2D eigenvalue weighted by atomic mass is 79.9. The maximum Gasteiger partial charge on any atom is 0.302 e. The van der Waals surface area contributed by atoms with Gasteiger partial charge in [0.05, 0.1) is 40.3 Å². The van der Waals surface area contributed by atoms with E-state index < -0.39 is 40.3 Å². The lowest BCUT2D eigenvalue weighted by molar-refractivity contribution is -0.143. The SMILES string of the molecule is CC(=O)O.CC(=O)OCc1ccc(C2(NC(=O)/C(C#N)=C/c3cccc(Br)n3)CCCC2)cc1.CC(=O)OCc1ccc(C2(NC(=O)/C(C#N)=C/c3cccc(Br)n3)CCCC2)cc1.N#C/C(=C\c1cccc(Br)n1)C(=O)NC1(c2ccc(CO)cc2)CCCC1. The van der Waals surface area contributed by atoms with Crippen LogP contribution in [0.1, 0.15) is 148 Å². The highest BCUT2D eigenvalue weighted by Gasteiger charge is 2.40. The summed E-state index contributed by atoms with van der Waals surface area (Å²) in [4.78, 5) is 82.5. The van der Waals surface area contributed by atoms with Gasteiger partial charge in [0.2, 0.25) is 0 Å². The molecule has 3 aliphatic carbocycles. The number of carbonyl (C=O) groups is 6. The van der Waals surface area contributed by atoms with Crippen LogP contribution >= 0.6 is 47.8 Å². The lowest BCUT2D eigenvalue weighted by Gasteiger charge is -2.31. The summed E-state index contributed by atoms with van der Waals surface area (Å²) in [5.41, 5.74) is 5.72. The molecule has 0 atom stereocenters. The van der Waals surface area contributed by atoms with Crippen molar-refractivity contribution in [3.8, 4) is 18.2 Å². The van der Waals surface area contributed by atoms with Crippen molar-refractivity contribution in [1.82, 2.24) is 30.9 Å². The van der Waals surface area contributed by atoms with Crippen LogP contribution in [0.3, 0.4) is 0 Å². The first-order chi connectivity index (χ1) is 43.6. The summed E-state index contributed by atoms with van der Waals surface area (Å²) in [7, 11) is 0. The molecular formula is C69H68Br3N9O10.